The predicted molar refractivity (Wildman–Crippen MR) is 70.7 cm³/mol. The Kier molecular flexibility index (Phi) is 4.51. The van der Waals surface area contributed by atoms with E-state index in [9.17, 15) is 15.2 Å². The zero-order chi connectivity index (χ0) is 14.7. The first kappa shape index (κ1) is 14.7. The number of pyridine rings is 1. The van der Waals surface area contributed by atoms with Gasteiger partial charge in [-0.1, -0.05) is 6.92 Å². The van der Waals surface area contributed by atoms with Crippen LogP contribution in [0, 0.1) is 17.0 Å². The molecule has 1 N–H and O–H groups in total. The molecule has 1 heterocycles. The maximum Gasteiger partial charge on any atom is 0.406 e. The lowest BCUT2D eigenvalue weighted by Crippen LogP contribution is -2.55. The topological polar surface area (TPSA) is 94.7 Å². The second kappa shape index (κ2) is 6.15. The molecule has 0 bridgehead atoms. The molecule has 7 heteroatoms. The molecule has 110 valence electrons. The molecule has 20 heavy (non-hydrogen) atoms. The second-order valence-electron chi connectivity index (χ2n) is 4.83. The zero-order valence-electron chi connectivity index (χ0n) is 11.5. The summed E-state index contributed by atoms with van der Waals surface area (Å²) >= 11 is 0. The molecular formula is C13H18N2O5. The lowest BCUT2D eigenvalue weighted by atomic mass is 9.88. The van der Waals surface area contributed by atoms with Gasteiger partial charge in [-0.15, -0.1) is 0 Å². The van der Waals surface area contributed by atoms with Crippen LogP contribution in [0.4, 0.5) is 5.82 Å². The van der Waals surface area contributed by atoms with Gasteiger partial charge >= 0.3 is 5.82 Å². The number of aliphatic hydroxyl groups is 1. The van der Waals surface area contributed by atoms with Gasteiger partial charge in [0, 0.05) is 20.0 Å². The van der Waals surface area contributed by atoms with Crippen molar-refractivity contribution in [2.75, 3.05) is 6.61 Å². The minimum absolute atomic E-state index is 0.114. The Bertz CT molecular complexity index is 494. The van der Waals surface area contributed by atoms with Crippen LogP contribution >= 0.6 is 0 Å². The maximum absolute atomic E-state index is 11.0. The molecule has 3 atom stereocenters. The molecule has 0 saturated heterocycles. The van der Waals surface area contributed by atoms with Gasteiger partial charge in [-0.2, -0.15) is 0 Å². The summed E-state index contributed by atoms with van der Waals surface area (Å²) in [5, 5.41) is 20.6. The highest BCUT2D eigenvalue weighted by Crippen LogP contribution is 2.33. The fourth-order valence-corrected chi connectivity index (χ4v) is 2.06. The first-order chi connectivity index (χ1) is 9.52. The van der Waals surface area contributed by atoms with E-state index in [0.717, 1.165) is 6.42 Å². The number of ether oxygens (including phenoxy) is 2. The third-order valence-corrected chi connectivity index (χ3v) is 3.16. The number of hydrogen-bond donors (Lipinski definition) is 1. The van der Waals surface area contributed by atoms with Gasteiger partial charge in [0.2, 0.25) is 5.75 Å². The van der Waals surface area contributed by atoms with Crippen LogP contribution in [0.3, 0.4) is 0 Å². The summed E-state index contributed by atoms with van der Waals surface area (Å²) in [5.41, 5.74) is 0.552. The van der Waals surface area contributed by atoms with Crippen LogP contribution < -0.4 is 4.74 Å². The second-order valence-corrected chi connectivity index (χ2v) is 4.83. The van der Waals surface area contributed by atoms with Crippen LogP contribution in [0.25, 0.3) is 0 Å². The minimum Gasteiger partial charge on any atom is -0.479 e. The van der Waals surface area contributed by atoms with E-state index >= 15 is 0 Å². The highest BCUT2D eigenvalue weighted by molar-refractivity contribution is 5.40. The molecule has 0 amide bonds. The van der Waals surface area contributed by atoms with Crippen molar-refractivity contribution in [2.45, 2.75) is 45.0 Å². The number of rotatable bonds is 6. The van der Waals surface area contributed by atoms with E-state index in [4.69, 9.17) is 9.47 Å². The molecule has 3 unspecified atom stereocenters. The van der Waals surface area contributed by atoms with Crippen LogP contribution in [0.1, 0.15) is 25.5 Å². The van der Waals surface area contributed by atoms with Gasteiger partial charge in [0.25, 0.3) is 0 Å². The summed E-state index contributed by atoms with van der Waals surface area (Å²) in [4.78, 5) is 14.3. The molecule has 7 nitrogen and oxygen atoms in total. The van der Waals surface area contributed by atoms with Crippen molar-refractivity contribution < 1.29 is 19.5 Å². The summed E-state index contributed by atoms with van der Waals surface area (Å²) in [6.45, 7) is 4.17. The summed E-state index contributed by atoms with van der Waals surface area (Å²) in [6.07, 6.45) is -0.152. The van der Waals surface area contributed by atoms with Crippen molar-refractivity contribution in [1.29, 1.82) is 0 Å². The van der Waals surface area contributed by atoms with Gasteiger partial charge in [0.1, 0.15) is 17.9 Å². The van der Waals surface area contributed by atoms with Crippen LogP contribution in [0.2, 0.25) is 0 Å². The molecule has 0 aliphatic heterocycles. The monoisotopic (exact) mass is 282 g/mol. The highest BCUT2D eigenvalue weighted by Gasteiger charge is 2.43. The molecule has 0 radical (unpaired) electrons. The molecule has 0 aromatic carbocycles. The van der Waals surface area contributed by atoms with Gasteiger partial charge in [-0.05, 0) is 28.5 Å². The van der Waals surface area contributed by atoms with Crippen LogP contribution in [-0.2, 0) is 4.74 Å². The summed E-state index contributed by atoms with van der Waals surface area (Å²) in [6, 6.07) is 3.18. The van der Waals surface area contributed by atoms with E-state index in [1.54, 1.807) is 13.0 Å². The molecule has 1 fully saturated rings. The molecule has 1 aliphatic carbocycles. The Morgan fingerprint density at radius 2 is 2.30 bits per heavy atom. The standard InChI is InChI=1S/C13H18N2O5/c1-3-6-19-12-9(16)7-11(12)20-10-5-4-8(2)14-13(10)15(17)18/h4-5,9,11-12,16H,3,6-7H2,1-2H3. The Hall–Kier alpha value is -1.73. The van der Waals surface area contributed by atoms with E-state index in [0.29, 0.717) is 18.7 Å². The summed E-state index contributed by atoms with van der Waals surface area (Å²) in [5.74, 6) is -0.191. The smallest absolute Gasteiger partial charge is 0.406 e. The van der Waals surface area contributed by atoms with Crippen LogP contribution in [-0.4, -0.2) is 39.9 Å². The quantitative estimate of drug-likeness (QED) is 0.629. The fraction of sp³-hybridized carbons (Fsp3) is 0.615. The Labute approximate surface area is 116 Å². The number of nitro groups is 1. The molecule has 0 spiro atoms. The SMILES string of the molecule is CCCOC1C(O)CC1Oc1ccc(C)nc1[N+](=O)[O-]. The van der Waals surface area contributed by atoms with Gasteiger partial charge in [-0.25, -0.2) is 0 Å². The third-order valence-electron chi connectivity index (χ3n) is 3.16. The van der Waals surface area contributed by atoms with Gasteiger partial charge < -0.3 is 24.7 Å². The molecule has 1 aliphatic rings. The molecule has 1 saturated carbocycles. The third kappa shape index (κ3) is 3.05. The van der Waals surface area contributed by atoms with Gasteiger partial charge in [0.05, 0.1) is 6.10 Å². The van der Waals surface area contributed by atoms with Crippen molar-refractivity contribution in [1.82, 2.24) is 4.98 Å². The van der Waals surface area contributed by atoms with Gasteiger partial charge in [0.15, 0.2) is 0 Å². The lowest BCUT2D eigenvalue weighted by molar-refractivity contribution is -0.391. The number of aromatic nitrogens is 1. The number of hydrogen-bond acceptors (Lipinski definition) is 6. The molecule has 1 aromatic rings. The van der Waals surface area contributed by atoms with Crippen molar-refractivity contribution in [3.05, 3.63) is 27.9 Å². The van der Waals surface area contributed by atoms with E-state index in [1.807, 2.05) is 6.92 Å². The first-order valence-corrected chi connectivity index (χ1v) is 6.61. The summed E-state index contributed by atoms with van der Waals surface area (Å²) < 4.78 is 11.1. The molecule has 1 aromatic heterocycles. The van der Waals surface area contributed by atoms with E-state index in [2.05, 4.69) is 4.98 Å². The van der Waals surface area contributed by atoms with Gasteiger partial charge in [-0.3, -0.25) is 0 Å². The van der Waals surface area contributed by atoms with Crippen molar-refractivity contribution in [3.63, 3.8) is 0 Å². The average Bonchev–Trinajstić information content (AvgIpc) is 2.40. The first-order valence-electron chi connectivity index (χ1n) is 6.61. The minimum atomic E-state index is -0.580. The van der Waals surface area contributed by atoms with Crippen LogP contribution in [0.5, 0.6) is 5.75 Å². The molecular weight excluding hydrogens is 264 g/mol. The van der Waals surface area contributed by atoms with Crippen LogP contribution in [0.15, 0.2) is 12.1 Å². The Morgan fingerprint density at radius 1 is 1.55 bits per heavy atom. The molecule has 2 rings (SSSR count). The van der Waals surface area contributed by atoms with Crippen molar-refractivity contribution in [3.8, 4) is 5.75 Å². The lowest BCUT2D eigenvalue weighted by Gasteiger charge is -2.40. The van der Waals surface area contributed by atoms with E-state index in [1.165, 1.54) is 6.07 Å². The highest BCUT2D eigenvalue weighted by atomic mass is 16.6. The zero-order valence-corrected chi connectivity index (χ0v) is 11.5. The Balaban J connectivity index is 2.08. The maximum atomic E-state index is 11.0. The predicted octanol–water partition coefficient (Wildman–Crippen LogP) is 1.61. The number of aliphatic hydroxyl groups excluding tert-OH is 1. The average molecular weight is 282 g/mol. The van der Waals surface area contributed by atoms with Crippen molar-refractivity contribution >= 4 is 5.82 Å². The van der Waals surface area contributed by atoms with E-state index < -0.39 is 17.1 Å². The largest absolute Gasteiger partial charge is 0.479 e. The summed E-state index contributed by atoms with van der Waals surface area (Å²) in [7, 11) is 0. The fourth-order valence-electron chi connectivity index (χ4n) is 2.06. The van der Waals surface area contributed by atoms with E-state index in [-0.39, 0.29) is 17.7 Å². The van der Waals surface area contributed by atoms with Crippen molar-refractivity contribution in [2.24, 2.45) is 0 Å². The Morgan fingerprint density at radius 3 is 2.90 bits per heavy atom. The number of nitrogens with zero attached hydrogens (tertiary/aromatic N) is 2. The number of aryl methyl sites for hydroxylation is 1. The normalized spacial score (nSPS) is 25.1.